The first kappa shape index (κ1) is 29.5. The van der Waals surface area contributed by atoms with Crippen LogP contribution >= 0.6 is 0 Å². The van der Waals surface area contributed by atoms with Gasteiger partial charge in [-0.1, -0.05) is 141 Å². The lowest BCUT2D eigenvalue weighted by molar-refractivity contribution is 0.660. The summed E-state index contributed by atoms with van der Waals surface area (Å²) in [5.74, 6) is 0. The van der Waals surface area contributed by atoms with Crippen molar-refractivity contribution in [3.63, 3.8) is 0 Å². The molecule has 1 aromatic heterocycles. The van der Waals surface area contributed by atoms with Gasteiger partial charge in [-0.2, -0.15) is 0 Å². The minimum atomic E-state index is -0.1000. The number of fused-ring (bicyclic) bond motifs is 7. The van der Waals surface area contributed by atoms with Crippen LogP contribution in [-0.2, 0) is 5.41 Å². The summed E-state index contributed by atoms with van der Waals surface area (Å²) < 4.78 is 2.41. The molecule has 0 radical (unpaired) electrons. The van der Waals surface area contributed by atoms with Gasteiger partial charge in [-0.3, -0.25) is 0 Å². The number of hydrogen-bond acceptors (Lipinski definition) is 1. The van der Waals surface area contributed by atoms with Gasteiger partial charge in [0.1, 0.15) is 0 Å². The second-order valence-electron chi connectivity index (χ2n) is 14.2. The van der Waals surface area contributed by atoms with Gasteiger partial charge < -0.3 is 9.47 Å². The second-order valence-corrected chi connectivity index (χ2v) is 14.2. The zero-order chi connectivity index (χ0) is 34.1. The highest BCUT2D eigenvalue weighted by molar-refractivity contribution is 6.10. The molecule has 10 rings (SSSR count). The Morgan fingerprint density at radius 3 is 1.98 bits per heavy atom. The van der Waals surface area contributed by atoms with Gasteiger partial charge in [0.15, 0.2) is 0 Å². The number of anilines is 3. The standard InChI is InChI=1S/C49H36N2/c1-49(2)43-19-10-8-18-42(43)48-44(49)20-12-22-46(48)50(38-27-25-34(26-28-38)36-24-23-33-13-6-7-14-35(33)31-36)39-29-30-41-40-17-9-11-21-45(40)51(47(41)32-39)37-15-4-3-5-16-37/h3-32H,1-2H3. The highest BCUT2D eigenvalue weighted by atomic mass is 15.1. The summed E-state index contributed by atoms with van der Waals surface area (Å²) >= 11 is 0. The zero-order valence-corrected chi connectivity index (χ0v) is 28.7. The molecule has 0 fully saturated rings. The Labute approximate surface area is 298 Å². The van der Waals surface area contributed by atoms with Crippen LogP contribution in [-0.4, -0.2) is 4.57 Å². The van der Waals surface area contributed by atoms with E-state index < -0.39 is 0 Å². The molecule has 0 saturated heterocycles. The number of aromatic nitrogens is 1. The average Bonchev–Trinajstić information content (AvgIpc) is 3.64. The average molecular weight is 653 g/mol. The molecule has 242 valence electrons. The molecule has 1 aliphatic rings. The lowest BCUT2D eigenvalue weighted by Gasteiger charge is -2.29. The topological polar surface area (TPSA) is 8.17 Å². The molecule has 0 unspecified atom stereocenters. The second kappa shape index (κ2) is 11.3. The number of rotatable bonds is 5. The highest BCUT2D eigenvalue weighted by Gasteiger charge is 2.37. The molecule has 0 aliphatic heterocycles. The van der Waals surface area contributed by atoms with E-state index >= 15 is 0 Å². The van der Waals surface area contributed by atoms with E-state index in [9.17, 15) is 0 Å². The van der Waals surface area contributed by atoms with Crippen molar-refractivity contribution in [2.24, 2.45) is 0 Å². The van der Waals surface area contributed by atoms with E-state index in [4.69, 9.17) is 0 Å². The van der Waals surface area contributed by atoms with E-state index in [1.807, 2.05) is 0 Å². The predicted molar refractivity (Wildman–Crippen MR) is 216 cm³/mol. The van der Waals surface area contributed by atoms with Gasteiger partial charge in [0.25, 0.3) is 0 Å². The Balaban J connectivity index is 1.21. The van der Waals surface area contributed by atoms with Crippen molar-refractivity contribution in [2.45, 2.75) is 19.3 Å². The Bertz CT molecular complexity index is 2770. The Morgan fingerprint density at radius 2 is 1.12 bits per heavy atom. The van der Waals surface area contributed by atoms with Gasteiger partial charge in [-0.05, 0) is 93.2 Å². The quantitative estimate of drug-likeness (QED) is 0.180. The number of para-hydroxylation sites is 2. The van der Waals surface area contributed by atoms with E-state index in [0.29, 0.717) is 0 Å². The molecule has 0 spiro atoms. The Hall–Kier alpha value is -6.38. The fourth-order valence-corrected chi connectivity index (χ4v) is 8.47. The van der Waals surface area contributed by atoms with Crippen molar-refractivity contribution < 1.29 is 0 Å². The van der Waals surface area contributed by atoms with Crippen molar-refractivity contribution >= 4 is 49.6 Å². The number of hydrogen-bond donors (Lipinski definition) is 0. The molecule has 9 aromatic rings. The summed E-state index contributed by atoms with van der Waals surface area (Å²) in [5, 5.41) is 5.01. The van der Waals surface area contributed by atoms with Crippen molar-refractivity contribution in [3.8, 4) is 27.9 Å². The molecule has 51 heavy (non-hydrogen) atoms. The van der Waals surface area contributed by atoms with E-state index in [2.05, 4.69) is 205 Å². The first-order valence-electron chi connectivity index (χ1n) is 17.8. The van der Waals surface area contributed by atoms with Gasteiger partial charge in [-0.15, -0.1) is 0 Å². The van der Waals surface area contributed by atoms with Crippen molar-refractivity contribution in [2.75, 3.05) is 4.90 Å². The number of benzene rings is 8. The highest BCUT2D eigenvalue weighted by Crippen LogP contribution is 2.54. The third-order valence-electron chi connectivity index (χ3n) is 11.0. The van der Waals surface area contributed by atoms with Gasteiger partial charge in [0.05, 0.1) is 16.7 Å². The van der Waals surface area contributed by atoms with E-state index in [-0.39, 0.29) is 5.41 Å². The van der Waals surface area contributed by atoms with Crippen LogP contribution in [0.2, 0.25) is 0 Å². The zero-order valence-electron chi connectivity index (χ0n) is 28.7. The van der Waals surface area contributed by atoms with Crippen molar-refractivity contribution in [1.82, 2.24) is 4.57 Å². The fraction of sp³-hybridized carbons (Fsp3) is 0.0612. The van der Waals surface area contributed by atoms with Gasteiger partial charge in [0, 0.05) is 38.8 Å². The molecular formula is C49H36N2. The summed E-state index contributed by atoms with van der Waals surface area (Å²) in [7, 11) is 0. The molecule has 1 aliphatic carbocycles. The van der Waals surface area contributed by atoms with Crippen molar-refractivity contribution in [1.29, 1.82) is 0 Å². The molecule has 1 heterocycles. The van der Waals surface area contributed by atoms with Crippen LogP contribution in [0.25, 0.3) is 60.5 Å². The molecular weight excluding hydrogens is 617 g/mol. The molecule has 2 nitrogen and oxygen atoms in total. The van der Waals surface area contributed by atoms with E-state index in [0.717, 1.165) is 17.1 Å². The van der Waals surface area contributed by atoms with Crippen LogP contribution in [0.4, 0.5) is 17.1 Å². The van der Waals surface area contributed by atoms with Crippen LogP contribution in [0, 0.1) is 0 Å². The van der Waals surface area contributed by atoms with Gasteiger partial charge >= 0.3 is 0 Å². The molecule has 0 saturated carbocycles. The predicted octanol–water partition coefficient (Wildman–Crippen LogP) is 13.4. The maximum Gasteiger partial charge on any atom is 0.0561 e. The first-order chi connectivity index (χ1) is 25.1. The fourth-order valence-electron chi connectivity index (χ4n) is 8.47. The number of nitrogens with zero attached hydrogens (tertiary/aromatic N) is 2. The Morgan fingerprint density at radius 1 is 0.451 bits per heavy atom. The summed E-state index contributed by atoms with van der Waals surface area (Å²) in [4.78, 5) is 2.47. The Kier molecular flexibility index (Phi) is 6.56. The van der Waals surface area contributed by atoms with Crippen LogP contribution in [0.1, 0.15) is 25.0 Å². The van der Waals surface area contributed by atoms with Crippen LogP contribution in [0.3, 0.4) is 0 Å². The maximum atomic E-state index is 2.47. The van der Waals surface area contributed by atoms with Gasteiger partial charge in [-0.25, -0.2) is 0 Å². The third kappa shape index (κ3) is 4.57. The first-order valence-corrected chi connectivity index (χ1v) is 17.8. The summed E-state index contributed by atoms with van der Waals surface area (Å²) in [6.45, 7) is 4.71. The normalized spacial score (nSPS) is 13.1. The lowest BCUT2D eigenvalue weighted by atomic mass is 9.82. The minimum Gasteiger partial charge on any atom is -0.310 e. The van der Waals surface area contributed by atoms with E-state index in [1.165, 1.54) is 71.6 Å². The summed E-state index contributed by atoms with van der Waals surface area (Å²) in [5.41, 5.74) is 14.7. The molecule has 0 bridgehead atoms. The van der Waals surface area contributed by atoms with Crippen LogP contribution < -0.4 is 4.90 Å². The largest absolute Gasteiger partial charge is 0.310 e. The van der Waals surface area contributed by atoms with Crippen molar-refractivity contribution in [3.05, 3.63) is 193 Å². The molecule has 0 amide bonds. The lowest BCUT2D eigenvalue weighted by Crippen LogP contribution is -2.16. The smallest absolute Gasteiger partial charge is 0.0561 e. The summed E-state index contributed by atoms with van der Waals surface area (Å²) in [6.07, 6.45) is 0. The molecule has 8 aromatic carbocycles. The van der Waals surface area contributed by atoms with Crippen LogP contribution in [0.5, 0.6) is 0 Å². The van der Waals surface area contributed by atoms with Gasteiger partial charge in [0.2, 0.25) is 0 Å². The third-order valence-corrected chi connectivity index (χ3v) is 11.0. The summed E-state index contributed by atoms with van der Waals surface area (Å²) in [6, 6.07) is 66.7. The molecule has 2 heteroatoms. The van der Waals surface area contributed by atoms with Crippen LogP contribution in [0.15, 0.2) is 182 Å². The monoisotopic (exact) mass is 652 g/mol. The minimum absolute atomic E-state index is 0.1000. The SMILES string of the molecule is CC1(C)c2ccccc2-c2c(N(c3ccc(-c4ccc5ccccc5c4)cc3)c3ccc4c5ccccc5n(-c5ccccc5)c4c3)cccc21. The van der Waals surface area contributed by atoms with E-state index in [1.54, 1.807) is 0 Å². The molecule has 0 N–H and O–H groups in total. The maximum absolute atomic E-state index is 2.47. The molecule has 0 atom stereocenters.